The molecule has 3 rings (SSSR count). The number of anilines is 2. The van der Waals surface area contributed by atoms with Crippen molar-refractivity contribution in [2.24, 2.45) is 0 Å². The molecule has 0 unspecified atom stereocenters. The van der Waals surface area contributed by atoms with E-state index in [-0.39, 0.29) is 11.6 Å². The Labute approximate surface area is 169 Å². The first kappa shape index (κ1) is 20.0. The monoisotopic (exact) mass is 390 g/mol. The molecule has 0 spiro atoms. The summed E-state index contributed by atoms with van der Waals surface area (Å²) in [5.41, 5.74) is 2.21. The molecule has 148 valence electrons. The third kappa shape index (κ3) is 4.95. The average molecular weight is 390 g/mol. The first-order valence-corrected chi connectivity index (χ1v) is 9.07. The number of hydrogen-bond donors (Lipinski definition) is 1. The molecule has 0 aliphatic rings. The summed E-state index contributed by atoms with van der Waals surface area (Å²) in [4.78, 5) is 35.0. The van der Waals surface area contributed by atoms with Crippen molar-refractivity contribution in [2.75, 3.05) is 19.5 Å². The van der Waals surface area contributed by atoms with Gasteiger partial charge in [-0.2, -0.15) is 0 Å². The minimum atomic E-state index is -0.460. The lowest BCUT2D eigenvalue weighted by Crippen LogP contribution is -2.27. The maximum atomic E-state index is 12.9. The van der Waals surface area contributed by atoms with Crippen LogP contribution in [0.4, 0.5) is 11.5 Å². The SMILES string of the molecule is COC(=O)c1ccccc1Nc1cc(C(=O)N(C)Cc2ccccc2)nc(C)n1. The topological polar surface area (TPSA) is 84.4 Å². The number of aromatic nitrogens is 2. The number of carbonyl (C=O) groups excluding carboxylic acids is 2. The summed E-state index contributed by atoms with van der Waals surface area (Å²) in [5, 5.41) is 3.09. The van der Waals surface area contributed by atoms with Crippen LogP contribution in [0.5, 0.6) is 0 Å². The van der Waals surface area contributed by atoms with Crippen LogP contribution in [0, 0.1) is 6.92 Å². The zero-order valence-corrected chi connectivity index (χ0v) is 16.5. The van der Waals surface area contributed by atoms with Crippen LogP contribution >= 0.6 is 0 Å². The van der Waals surface area contributed by atoms with Crippen LogP contribution in [-0.4, -0.2) is 40.9 Å². The van der Waals surface area contributed by atoms with Crippen molar-refractivity contribution >= 4 is 23.4 Å². The van der Waals surface area contributed by atoms with Gasteiger partial charge in [-0.3, -0.25) is 4.79 Å². The highest BCUT2D eigenvalue weighted by atomic mass is 16.5. The first-order chi connectivity index (χ1) is 14.0. The average Bonchev–Trinajstić information content (AvgIpc) is 2.73. The highest BCUT2D eigenvalue weighted by molar-refractivity contribution is 5.97. The molecule has 0 bridgehead atoms. The maximum Gasteiger partial charge on any atom is 0.339 e. The van der Waals surface area contributed by atoms with Gasteiger partial charge in [0.1, 0.15) is 17.3 Å². The molecule has 1 amide bonds. The molecule has 1 heterocycles. The predicted octanol–water partition coefficient (Wildman–Crippen LogP) is 3.59. The number of para-hydroxylation sites is 1. The molecule has 0 saturated heterocycles. The second-order valence-corrected chi connectivity index (χ2v) is 6.49. The second-order valence-electron chi connectivity index (χ2n) is 6.49. The van der Waals surface area contributed by atoms with Gasteiger partial charge in [-0.1, -0.05) is 42.5 Å². The van der Waals surface area contributed by atoms with Gasteiger partial charge < -0.3 is 15.0 Å². The summed E-state index contributed by atoms with van der Waals surface area (Å²) in [7, 11) is 3.06. The summed E-state index contributed by atoms with van der Waals surface area (Å²) in [5.74, 6) is 0.189. The number of esters is 1. The Balaban J connectivity index is 1.83. The molecular weight excluding hydrogens is 368 g/mol. The van der Waals surface area contributed by atoms with Crippen LogP contribution in [0.15, 0.2) is 60.7 Å². The molecule has 0 aliphatic heterocycles. The van der Waals surface area contributed by atoms with E-state index in [0.29, 0.717) is 29.4 Å². The quantitative estimate of drug-likeness (QED) is 0.648. The summed E-state index contributed by atoms with van der Waals surface area (Å²) in [6.45, 7) is 2.18. The number of amides is 1. The number of nitrogens with zero attached hydrogens (tertiary/aromatic N) is 3. The van der Waals surface area contributed by atoms with Crippen molar-refractivity contribution in [1.29, 1.82) is 0 Å². The molecule has 2 aromatic carbocycles. The fourth-order valence-electron chi connectivity index (χ4n) is 2.88. The van der Waals surface area contributed by atoms with Crippen molar-refractivity contribution in [3.63, 3.8) is 0 Å². The van der Waals surface area contributed by atoms with Gasteiger partial charge in [-0.15, -0.1) is 0 Å². The van der Waals surface area contributed by atoms with E-state index in [0.717, 1.165) is 5.56 Å². The summed E-state index contributed by atoms with van der Waals surface area (Å²) in [6, 6.07) is 18.2. The molecule has 0 fully saturated rings. The number of hydrogen-bond acceptors (Lipinski definition) is 6. The van der Waals surface area contributed by atoms with E-state index >= 15 is 0 Å². The van der Waals surface area contributed by atoms with Gasteiger partial charge in [0.2, 0.25) is 0 Å². The minimum absolute atomic E-state index is 0.219. The van der Waals surface area contributed by atoms with Crippen LogP contribution in [-0.2, 0) is 11.3 Å². The number of ether oxygens (including phenoxy) is 1. The third-order valence-corrected chi connectivity index (χ3v) is 4.26. The molecule has 7 heteroatoms. The van der Waals surface area contributed by atoms with Crippen LogP contribution in [0.1, 0.15) is 32.2 Å². The smallest absolute Gasteiger partial charge is 0.339 e. The molecular formula is C22H22N4O3. The highest BCUT2D eigenvalue weighted by Gasteiger charge is 2.17. The van der Waals surface area contributed by atoms with Gasteiger partial charge in [0.25, 0.3) is 5.91 Å². The largest absolute Gasteiger partial charge is 0.465 e. The molecule has 0 saturated carbocycles. The van der Waals surface area contributed by atoms with Crippen molar-refractivity contribution in [2.45, 2.75) is 13.5 Å². The third-order valence-electron chi connectivity index (χ3n) is 4.26. The standard InChI is InChI=1S/C22H22N4O3/c1-15-23-19(21(27)26(2)14-16-9-5-4-6-10-16)13-20(24-15)25-18-12-8-7-11-17(18)22(28)29-3/h4-13H,14H2,1-3H3,(H,23,24,25). The zero-order chi connectivity index (χ0) is 20.8. The van der Waals surface area contributed by atoms with E-state index in [2.05, 4.69) is 15.3 Å². The number of benzene rings is 2. The van der Waals surface area contributed by atoms with E-state index in [1.165, 1.54) is 7.11 Å². The van der Waals surface area contributed by atoms with Gasteiger partial charge in [-0.25, -0.2) is 14.8 Å². The lowest BCUT2D eigenvalue weighted by molar-refractivity contribution is 0.0601. The lowest BCUT2D eigenvalue weighted by Gasteiger charge is -2.18. The van der Waals surface area contributed by atoms with Crippen LogP contribution in [0.25, 0.3) is 0 Å². The number of rotatable bonds is 6. The van der Waals surface area contributed by atoms with Crippen molar-refractivity contribution in [3.05, 3.63) is 83.3 Å². The van der Waals surface area contributed by atoms with Crippen molar-refractivity contribution < 1.29 is 14.3 Å². The van der Waals surface area contributed by atoms with Crippen LogP contribution < -0.4 is 5.32 Å². The Hall–Kier alpha value is -3.74. The Bertz CT molecular complexity index is 1020. The number of aryl methyl sites for hydroxylation is 1. The molecule has 7 nitrogen and oxygen atoms in total. The van der Waals surface area contributed by atoms with Crippen LogP contribution in [0.2, 0.25) is 0 Å². The van der Waals surface area contributed by atoms with E-state index in [1.54, 1.807) is 49.2 Å². The van der Waals surface area contributed by atoms with E-state index in [4.69, 9.17) is 4.74 Å². The molecule has 0 aliphatic carbocycles. The molecule has 1 N–H and O–H groups in total. The Morgan fingerprint density at radius 2 is 1.72 bits per heavy atom. The van der Waals surface area contributed by atoms with E-state index in [1.807, 2.05) is 30.3 Å². The highest BCUT2D eigenvalue weighted by Crippen LogP contribution is 2.21. The van der Waals surface area contributed by atoms with Gasteiger partial charge >= 0.3 is 5.97 Å². The normalized spacial score (nSPS) is 10.3. The van der Waals surface area contributed by atoms with E-state index < -0.39 is 5.97 Å². The maximum absolute atomic E-state index is 12.9. The Kier molecular flexibility index (Phi) is 6.19. The zero-order valence-electron chi connectivity index (χ0n) is 16.5. The first-order valence-electron chi connectivity index (χ1n) is 9.07. The fourth-order valence-corrected chi connectivity index (χ4v) is 2.88. The number of methoxy groups -OCH3 is 1. The van der Waals surface area contributed by atoms with Gasteiger partial charge in [0.15, 0.2) is 0 Å². The molecule has 0 radical (unpaired) electrons. The fraction of sp³-hybridized carbons (Fsp3) is 0.182. The number of nitrogens with one attached hydrogen (secondary N) is 1. The molecule has 0 atom stereocenters. The lowest BCUT2D eigenvalue weighted by atomic mass is 10.1. The van der Waals surface area contributed by atoms with E-state index in [9.17, 15) is 9.59 Å². The number of carbonyl (C=O) groups is 2. The van der Waals surface area contributed by atoms with Gasteiger partial charge in [-0.05, 0) is 24.6 Å². The molecule has 3 aromatic rings. The Morgan fingerprint density at radius 1 is 1.03 bits per heavy atom. The predicted molar refractivity (Wildman–Crippen MR) is 110 cm³/mol. The van der Waals surface area contributed by atoms with Crippen LogP contribution in [0.3, 0.4) is 0 Å². The summed E-state index contributed by atoms with van der Waals surface area (Å²) >= 11 is 0. The summed E-state index contributed by atoms with van der Waals surface area (Å²) < 4.78 is 4.82. The second kappa shape index (κ2) is 8.97. The molecule has 29 heavy (non-hydrogen) atoms. The van der Waals surface area contributed by atoms with Gasteiger partial charge in [0, 0.05) is 19.7 Å². The minimum Gasteiger partial charge on any atom is -0.465 e. The summed E-state index contributed by atoms with van der Waals surface area (Å²) in [6.07, 6.45) is 0. The molecule has 1 aromatic heterocycles. The van der Waals surface area contributed by atoms with Crippen molar-refractivity contribution in [1.82, 2.24) is 14.9 Å². The Morgan fingerprint density at radius 3 is 2.45 bits per heavy atom. The van der Waals surface area contributed by atoms with Gasteiger partial charge in [0.05, 0.1) is 18.4 Å². The van der Waals surface area contributed by atoms with Crippen molar-refractivity contribution in [3.8, 4) is 0 Å².